The first-order valence-corrected chi connectivity index (χ1v) is 9.48. The fourth-order valence-corrected chi connectivity index (χ4v) is 3.32. The molecule has 3 rings (SSSR count). The van der Waals surface area contributed by atoms with Crippen LogP contribution in [-0.4, -0.2) is 42.1 Å². The molecule has 1 amide bonds. The molecule has 1 aliphatic rings. The van der Waals surface area contributed by atoms with Crippen molar-refractivity contribution >= 4 is 17.8 Å². The van der Waals surface area contributed by atoms with Crippen molar-refractivity contribution in [3.8, 4) is 5.75 Å². The van der Waals surface area contributed by atoms with Crippen LogP contribution in [0.25, 0.3) is 0 Å². The number of benzene rings is 2. The highest BCUT2D eigenvalue weighted by Gasteiger charge is 2.24. The predicted molar refractivity (Wildman–Crippen MR) is 110 cm³/mol. The Hall–Kier alpha value is -3.26. The highest BCUT2D eigenvalue weighted by atomic mass is 16.6. The van der Waals surface area contributed by atoms with Crippen molar-refractivity contribution in [2.75, 3.05) is 20.2 Å². The van der Waals surface area contributed by atoms with E-state index >= 15 is 0 Å². The zero-order valence-electron chi connectivity index (χ0n) is 16.3. The van der Waals surface area contributed by atoms with Crippen molar-refractivity contribution in [1.29, 1.82) is 0 Å². The summed E-state index contributed by atoms with van der Waals surface area (Å²) in [6.45, 7) is 2.32. The van der Waals surface area contributed by atoms with Gasteiger partial charge in [-0.25, -0.2) is 5.43 Å². The second kappa shape index (κ2) is 9.79. The van der Waals surface area contributed by atoms with Gasteiger partial charge in [0.2, 0.25) is 5.91 Å². The smallest absolute Gasteiger partial charge is 0.269 e. The molecule has 2 aromatic carbocycles. The van der Waals surface area contributed by atoms with Crippen LogP contribution in [0.5, 0.6) is 5.75 Å². The molecule has 1 aliphatic heterocycles. The van der Waals surface area contributed by atoms with Crippen molar-refractivity contribution in [2.24, 2.45) is 11.0 Å². The van der Waals surface area contributed by atoms with Crippen LogP contribution in [0.2, 0.25) is 0 Å². The largest absolute Gasteiger partial charge is 0.497 e. The Kier molecular flexibility index (Phi) is 6.91. The number of hydrogen-bond donors (Lipinski definition) is 1. The third-order valence-electron chi connectivity index (χ3n) is 4.99. The van der Waals surface area contributed by atoms with Crippen molar-refractivity contribution in [3.63, 3.8) is 0 Å². The molecule has 2 aromatic rings. The van der Waals surface area contributed by atoms with E-state index in [4.69, 9.17) is 4.74 Å². The van der Waals surface area contributed by atoms with E-state index in [9.17, 15) is 14.9 Å². The number of carbonyl (C=O) groups excluding carboxylic acids is 1. The lowest BCUT2D eigenvalue weighted by molar-refractivity contribution is -0.384. The molecule has 0 bridgehead atoms. The van der Waals surface area contributed by atoms with Crippen LogP contribution >= 0.6 is 0 Å². The number of nitro groups is 1. The minimum Gasteiger partial charge on any atom is -0.497 e. The minimum absolute atomic E-state index is 0.0643. The Balaban J connectivity index is 1.44. The maximum absolute atomic E-state index is 12.3. The number of likely N-dealkylation sites (tertiary alicyclic amines) is 1. The van der Waals surface area contributed by atoms with E-state index in [1.54, 1.807) is 25.5 Å². The summed E-state index contributed by atoms with van der Waals surface area (Å²) in [5.41, 5.74) is 4.60. The number of methoxy groups -OCH3 is 1. The maximum Gasteiger partial charge on any atom is 0.269 e. The highest BCUT2D eigenvalue weighted by Crippen LogP contribution is 2.20. The number of non-ortho nitro benzene ring substituents is 1. The van der Waals surface area contributed by atoms with Crippen LogP contribution in [0.4, 0.5) is 5.69 Å². The number of nitro benzene ring substituents is 1. The quantitative estimate of drug-likeness (QED) is 0.441. The molecule has 8 nitrogen and oxygen atoms in total. The van der Waals surface area contributed by atoms with Gasteiger partial charge < -0.3 is 4.74 Å². The average molecular weight is 396 g/mol. The summed E-state index contributed by atoms with van der Waals surface area (Å²) in [7, 11) is 1.60. The summed E-state index contributed by atoms with van der Waals surface area (Å²) in [4.78, 5) is 24.9. The Morgan fingerprint density at radius 3 is 2.66 bits per heavy atom. The number of ether oxygens (including phenoxy) is 1. The van der Waals surface area contributed by atoms with E-state index in [1.807, 2.05) is 24.3 Å². The molecule has 8 heteroatoms. The molecule has 0 radical (unpaired) electrons. The minimum atomic E-state index is -0.398. The van der Waals surface area contributed by atoms with Gasteiger partial charge in [-0.3, -0.25) is 19.8 Å². The lowest BCUT2D eigenvalue weighted by Crippen LogP contribution is -2.39. The van der Waals surface area contributed by atoms with Crippen LogP contribution in [0.3, 0.4) is 0 Å². The summed E-state index contributed by atoms with van der Waals surface area (Å²) in [5, 5.41) is 14.8. The molecule has 1 saturated heterocycles. The zero-order chi connectivity index (χ0) is 20.6. The summed E-state index contributed by atoms with van der Waals surface area (Å²) in [6.07, 6.45) is 3.12. The molecule has 0 saturated carbocycles. The van der Waals surface area contributed by atoms with Gasteiger partial charge in [0.15, 0.2) is 0 Å². The molecular formula is C21H24N4O4. The van der Waals surface area contributed by atoms with Crippen LogP contribution < -0.4 is 10.2 Å². The molecule has 0 atom stereocenters. The van der Waals surface area contributed by atoms with Gasteiger partial charge in [-0.05, 0) is 49.2 Å². The van der Waals surface area contributed by atoms with Gasteiger partial charge in [-0.15, -0.1) is 0 Å². The van der Waals surface area contributed by atoms with Gasteiger partial charge in [0.05, 0.1) is 18.2 Å². The maximum atomic E-state index is 12.3. The standard InChI is InChI=1S/C21H24N4O4/c1-29-20-4-2-3-17(13-20)14-22-23-21(26)18-9-11-24(12-10-18)15-16-5-7-19(8-6-16)25(27)28/h2-8,13-14,18H,9-12,15H2,1H3,(H,23,26). The van der Waals surface area contributed by atoms with E-state index in [2.05, 4.69) is 15.4 Å². The van der Waals surface area contributed by atoms with Gasteiger partial charge in [0.1, 0.15) is 5.75 Å². The van der Waals surface area contributed by atoms with Gasteiger partial charge in [0, 0.05) is 24.6 Å². The number of hydrogen-bond acceptors (Lipinski definition) is 6. The zero-order valence-corrected chi connectivity index (χ0v) is 16.3. The molecule has 1 heterocycles. The Morgan fingerprint density at radius 1 is 1.28 bits per heavy atom. The Morgan fingerprint density at radius 2 is 2.00 bits per heavy atom. The van der Waals surface area contributed by atoms with E-state index in [1.165, 1.54) is 12.1 Å². The fourth-order valence-electron chi connectivity index (χ4n) is 3.32. The second-order valence-corrected chi connectivity index (χ2v) is 6.98. The Bertz CT molecular complexity index is 875. The van der Waals surface area contributed by atoms with Gasteiger partial charge in [-0.2, -0.15) is 5.10 Å². The number of amides is 1. The van der Waals surface area contributed by atoms with Crippen molar-refractivity contribution < 1.29 is 14.5 Å². The normalized spacial score (nSPS) is 15.3. The van der Waals surface area contributed by atoms with Crippen LogP contribution in [0.1, 0.15) is 24.0 Å². The first kappa shape index (κ1) is 20.5. The molecule has 0 aromatic heterocycles. The topological polar surface area (TPSA) is 97.1 Å². The van der Waals surface area contributed by atoms with Crippen LogP contribution in [0.15, 0.2) is 53.6 Å². The van der Waals surface area contributed by atoms with Crippen molar-refractivity contribution in [2.45, 2.75) is 19.4 Å². The first-order chi connectivity index (χ1) is 14.0. The number of nitrogens with one attached hydrogen (secondary N) is 1. The molecule has 1 N–H and O–H groups in total. The summed E-state index contributed by atoms with van der Waals surface area (Å²) in [6, 6.07) is 14.0. The summed E-state index contributed by atoms with van der Waals surface area (Å²) < 4.78 is 5.16. The van der Waals surface area contributed by atoms with Crippen molar-refractivity contribution in [1.82, 2.24) is 10.3 Å². The van der Waals surface area contributed by atoms with Gasteiger partial charge in [-0.1, -0.05) is 24.3 Å². The summed E-state index contributed by atoms with van der Waals surface area (Å²) >= 11 is 0. The Labute approximate surface area is 169 Å². The number of rotatable bonds is 7. The predicted octanol–water partition coefficient (Wildman–Crippen LogP) is 2.97. The molecular weight excluding hydrogens is 372 g/mol. The lowest BCUT2D eigenvalue weighted by Gasteiger charge is -2.30. The molecule has 0 aliphatic carbocycles. The molecule has 0 unspecified atom stereocenters. The van der Waals surface area contributed by atoms with Crippen LogP contribution in [-0.2, 0) is 11.3 Å². The molecule has 1 fully saturated rings. The second-order valence-electron chi connectivity index (χ2n) is 6.98. The van der Waals surface area contributed by atoms with Crippen molar-refractivity contribution in [3.05, 3.63) is 69.8 Å². The van der Waals surface area contributed by atoms with E-state index in [0.717, 1.165) is 49.4 Å². The van der Waals surface area contributed by atoms with Gasteiger partial charge >= 0.3 is 0 Å². The number of piperidine rings is 1. The number of nitrogens with zero attached hydrogens (tertiary/aromatic N) is 3. The average Bonchev–Trinajstić information content (AvgIpc) is 2.74. The number of carbonyl (C=O) groups is 1. The van der Waals surface area contributed by atoms with E-state index in [-0.39, 0.29) is 17.5 Å². The summed E-state index contributed by atoms with van der Waals surface area (Å²) in [5.74, 6) is 0.602. The molecule has 0 spiro atoms. The number of hydrazone groups is 1. The monoisotopic (exact) mass is 396 g/mol. The van der Waals surface area contributed by atoms with Crippen LogP contribution in [0, 0.1) is 16.0 Å². The third kappa shape index (κ3) is 5.86. The fraction of sp³-hybridized carbons (Fsp3) is 0.333. The molecule has 152 valence electrons. The SMILES string of the molecule is COc1cccc(C=NNC(=O)C2CCN(Cc3ccc([N+](=O)[O-])cc3)CC2)c1. The van der Waals surface area contributed by atoms with E-state index in [0.29, 0.717) is 0 Å². The highest BCUT2D eigenvalue weighted by molar-refractivity contribution is 5.83. The molecule has 29 heavy (non-hydrogen) atoms. The lowest BCUT2D eigenvalue weighted by atomic mass is 9.96. The first-order valence-electron chi connectivity index (χ1n) is 9.48. The van der Waals surface area contributed by atoms with Gasteiger partial charge in [0.25, 0.3) is 5.69 Å². The third-order valence-corrected chi connectivity index (χ3v) is 4.99. The van der Waals surface area contributed by atoms with E-state index < -0.39 is 4.92 Å².